The van der Waals surface area contributed by atoms with Crippen LogP contribution in [0.2, 0.25) is 0 Å². The number of benzene rings is 1. The van der Waals surface area contributed by atoms with Gasteiger partial charge in [-0.2, -0.15) is 13.2 Å². The first kappa shape index (κ1) is 14.7. The Hall–Kier alpha value is -1.34. The van der Waals surface area contributed by atoms with Crippen LogP contribution in [0.15, 0.2) is 18.2 Å². The number of alkyl halides is 3. The third kappa shape index (κ3) is 3.85. The van der Waals surface area contributed by atoms with Gasteiger partial charge in [0.05, 0.1) is 6.10 Å². The van der Waals surface area contributed by atoms with E-state index in [4.69, 9.17) is 10.2 Å². The summed E-state index contributed by atoms with van der Waals surface area (Å²) >= 11 is 0. The van der Waals surface area contributed by atoms with Gasteiger partial charge in [0.2, 0.25) is 0 Å². The summed E-state index contributed by atoms with van der Waals surface area (Å²) < 4.78 is 53.8. The molecule has 3 nitrogen and oxygen atoms in total. The van der Waals surface area contributed by atoms with Crippen LogP contribution in [-0.4, -0.2) is 29.1 Å². The molecule has 0 aliphatic heterocycles. The molecule has 0 spiro atoms. The zero-order valence-electron chi connectivity index (χ0n) is 9.41. The predicted molar refractivity (Wildman–Crippen MR) is 54.6 cm³/mol. The van der Waals surface area contributed by atoms with Gasteiger partial charge in [0.25, 0.3) is 0 Å². The second-order valence-electron chi connectivity index (χ2n) is 3.73. The van der Waals surface area contributed by atoms with E-state index in [-0.39, 0.29) is 11.3 Å². The molecular formula is C11H12F4O3. The van der Waals surface area contributed by atoms with Crippen LogP contribution >= 0.6 is 0 Å². The van der Waals surface area contributed by atoms with Crippen LogP contribution in [0.25, 0.3) is 0 Å². The summed E-state index contributed by atoms with van der Waals surface area (Å²) in [7, 11) is 0. The summed E-state index contributed by atoms with van der Waals surface area (Å²) in [6.45, 7) is 0.337. The maximum absolute atomic E-state index is 13.3. The minimum atomic E-state index is -4.78. The van der Waals surface area contributed by atoms with Gasteiger partial charge in [-0.25, -0.2) is 4.39 Å². The standard InChI is InChI=1S/C11H12F4O3/c1-6(16)8-3-2-7(4-9(8)12)18-5-10(17)11(13,14)15/h2-4,6,10,16-17H,5H2,1H3. The zero-order valence-corrected chi connectivity index (χ0v) is 9.41. The van der Waals surface area contributed by atoms with Crippen molar-refractivity contribution in [2.45, 2.75) is 25.3 Å². The lowest BCUT2D eigenvalue weighted by molar-refractivity contribution is -0.210. The number of hydrogen-bond donors (Lipinski definition) is 2. The Morgan fingerprint density at radius 3 is 2.33 bits per heavy atom. The lowest BCUT2D eigenvalue weighted by Crippen LogP contribution is -2.34. The summed E-state index contributed by atoms with van der Waals surface area (Å²) in [5.74, 6) is -0.941. The van der Waals surface area contributed by atoms with Crippen LogP contribution in [0.5, 0.6) is 5.75 Å². The Kier molecular flexibility index (Phi) is 4.53. The molecule has 0 heterocycles. The molecule has 0 fully saturated rings. The SMILES string of the molecule is CC(O)c1ccc(OCC(O)C(F)(F)F)cc1F. The first-order valence-corrected chi connectivity index (χ1v) is 5.07. The lowest BCUT2D eigenvalue weighted by Gasteiger charge is -2.15. The number of aliphatic hydroxyl groups excluding tert-OH is 2. The van der Waals surface area contributed by atoms with Crippen LogP contribution in [0.3, 0.4) is 0 Å². The molecule has 18 heavy (non-hydrogen) atoms. The Balaban J connectivity index is 2.67. The van der Waals surface area contributed by atoms with Gasteiger partial charge < -0.3 is 14.9 Å². The summed E-state index contributed by atoms with van der Waals surface area (Å²) in [5, 5.41) is 17.8. The van der Waals surface area contributed by atoms with E-state index in [1.54, 1.807) is 0 Å². The molecule has 0 bridgehead atoms. The summed E-state index contributed by atoms with van der Waals surface area (Å²) in [6, 6.07) is 3.27. The molecule has 102 valence electrons. The fourth-order valence-electron chi connectivity index (χ4n) is 1.21. The molecule has 0 saturated heterocycles. The summed E-state index contributed by atoms with van der Waals surface area (Å²) in [6.07, 6.45) is -8.44. The van der Waals surface area contributed by atoms with Gasteiger partial charge in [-0.1, -0.05) is 0 Å². The van der Waals surface area contributed by atoms with E-state index in [1.165, 1.54) is 19.1 Å². The number of halogens is 4. The molecule has 0 saturated carbocycles. The number of rotatable bonds is 4. The highest BCUT2D eigenvalue weighted by Gasteiger charge is 2.38. The Bertz CT molecular complexity index is 404. The van der Waals surface area contributed by atoms with Crippen LogP contribution < -0.4 is 4.74 Å². The van der Waals surface area contributed by atoms with Crippen molar-refractivity contribution in [3.05, 3.63) is 29.6 Å². The molecule has 0 aromatic heterocycles. The van der Waals surface area contributed by atoms with E-state index in [9.17, 15) is 17.6 Å². The van der Waals surface area contributed by atoms with Crippen molar-refractivity contribution < 1.29 is 32.5 Å². The van der Waals surface area contributed by atoms with Crippen molar-refractivity contribution >= 4 is 0 Å². The smallest absolute Gasteiger partial charge is 0.417 e. The molecule has 1 rings (SSSR count). The summed E-state index contributed by atoms with van der Waals surface area (Å²) in [4.78, 5) is 0. The number of ether oxygens (including phenoxy) is 1. The van der Waals surface area contributed by atoms with E-state index in [0.29, 0.717) is 0 Å². The molecule has 0 aliphatic carbocycles. The van der Waals surface area contributed by atoms with E-state index >= 15 is 0 Å². The molecule has 0 radical (unpaired) electrons. The monoisotopic (exact) mass is 268 g/mol. The Labute approximate surface area is 101 Å². The van der Waals surface area contributed by atoms with Gasteiger partial charge in [0, 0.05) is 11.6 Å². The molecule has 7 heteroatoms. The molecule has 2 N–H and O–H groups in total. The largest absolute Gasteiger partial charge is 0.490 e. The second-order valence-corrected chi connectivity index (χ2v) is 3.73. The zero-order chi connectivity index (χ0) is 13.9. The van der Waals surface area contributed by atoms with E-state index in [1.807, 2.05) is 0 Å². The van der Waals surface area contributed by atoms with Crippen molar-refractivity contribution in [1.29, 1.82) is 0 Å². The lowest BCUT2D eigenvalue weighted by atomic mass is 10.1. The number of hydrogen-bond acceptors (Lipinski definition) is 3. The average molecular weight is 268 g/mol. The molecule has 2 unspecified atom stereocenters. The highest BCUT2D eigenvalue weighted by molar-refractivity contribution is 5.30. The van der Waals surface area contributed by atoms with Crippen molar-refractivity contribution in [3.63, 3.8) is 0 Å². The van der Waals surface area contributed by atoms with E-state index in [2.05, 4.69) is 4.74 Å². The molecule has 1 aromatic carbocycles. The first-order chi connectivity index (χ1) is 8.21. The highest BCUT2D eigenvalue weighted by atomic mass is 19.4. The van der Waals surface area contributed by atoms with Crippen molar-refractivity contribution in [3.8, 4) is 5.75 Å². The van der Waals surface area contributed by atoms with Crippen LogP contribution in [0, 0.1) is 5.82 Å². The molecule has 2 atom stereocenters. The van der Waals surface area contributed by atoms with Crippen LogP contribution in [-0.2, 0) is 0 Å². The van der Waals surface area contributed by atoms with Crippen molar-refractivity contribution in [1.82, 2.24) is 0 Å². The van der Waals surface area contributed by atoms with Gasteiger partial charge in [-0.3, -0.25) is 0 Å². The van der Waals surface area contributed by atoms with Crippen LogP contribution in [0.4, 0.5) is 17.6 Å². The Morgan fingerprint density at radius 1 is 1.28 bits per heavy atom. The third-order valence-corrected chi connectivity index (χ3v) is 2.21. The quantitative estimate of drug-likeness (QED) is 0.823. The summed E-state index contributed by atoms with van der Waals surface area (Å²) in [5.41, 5.74) is 0.0127. The minimum Gasteiger partial charge on any atom is -0.490 e. The maximum Gasteiger partial charge on any atom is 0.417 e. The topological polar surface area (TPSA) is 49.7 Å². The van der Waals surface area contributed by atoms with Gasteiger partial charge in [-0.05, 0) is 19.1 Å². The predicted octanol–water partition coefficient (Wildman–Crippen LogP) is 2.18. The van der Waals surface area contributed by atoms with Gasteiger partial charge in [0.15, 0.2) is 6.10 Å². The van der Waals surface area contributed by atoms with Gasteiger partial charge in [0.1, 0.15) is 18.2 Å². The van der Waals surface area contributed by atoms with Crippen molar-refractivity contribution in [2.75, 3.05) is 6.61 Å². The molecule has 0 aliphatic rings. The van der Waals surface area contributed by atoms with E-state index in [0.717, 1.165) is 6.07 Å². The fraction of sp³-hybridized carbons (Fsp3) is 0.455. The minimum absolute atomic E-state index is 0.0127. The third-order valence-electron chi connectivity index (χ3n) is 2.21. The highest BCUT2D eigenvalue weighted by Crippen LogP contribution is 2.24. The average Bonchev–Trinajstić information content (AvgIpc) is 2.24. The molecular weight excluding hydrogens is 256 g/mol. The molecule has 1 aromatic rings. The maximum atomic E-state index is 13.3. The Morgan fingerprint density at radius 2 is 1.89 bits per heavy atom. The van der Waals surface area contributed by atoms with Crippen molar-refractivity contribution in [2.24, 2.45) is 0 Å². The fourth-order valence-corrected chi connectivity index (χ4v) is 1.21. The molecule has 0 amide bonds. The second kappa shape index (κ2) is 5.53. The van der Waals surface area contributed by atoms with Gasteiger partial charge in [-0.15, -0.1) is 0 Å². The first-order valence-electron chi connectivity index (χ1n) is 5.07. The van der Waals surface area contributed by atoms with Gasteiger partial charge >= 0.3 is 6.18 Å². The normalized spacial score (nSPS) is 15.3. The van der Waals surface area contributed by atoms with E-state index < -0.39 is 30.8 Å². The van der Waals surface area contributed by atoms with Crippen LogP contribution in [0.1, 0.15) is 18.6 Å². The number of aliphatic hydroxyl groups is 2.